The Labute approximate surface area is 117 Å². The van der Waals surface area contributed by atoms with E-state index in [1.54, 1.807) is 20.9 Å². The lowest BCUT2D eigenvalue weighted by atomic mass is 9.98. The Morgan fingerprint density at radius 3 is 2.10 bits per heavy atom. The zero-order chi connectivity index (χ0) is 14.7. The molecule has 0 radical (unpaired) electrons. The second-order valence-corrected chi connectivity index (χ2v) is 6.20. The molecule has 0 unspecified atom stereocenters. The number of fused-ring (bicyclic) bond motifs is 3. The highest BCUT2D eigenvalue weighted by Crippen LogP contribution is 2.44. The molecule has 1 amide bonds. The van der Waals surface area contributed by atoms with Crippen LogP contribution in [0.2, 0.25) is 0 Å². The Bertz CT molecular complexity index is 423. The molecular formula is C13H21NO6. The third kappa shape index (κ3) is 2.23. The van der Waals surface area contributed by atoms with Crippen molar-refractivity contribution in [1.29, 1.82) is 0 Å². The summed E-state index contributed by atoms with van der Waals surface area (Å²) >= 11 is 0. The summed E-state index contributed by atoms with van der Waals surface area (Å²) in [5.74, 6) is -1.81. The first-order chi connectivity index (χ1) is 9.22. The first-order valence-electron chi connectivity index (χ1n) is 6.81. The van der Waals surface area contributed by atoms with Gasteiger partial charge in [-0.05, 0) is 27.7 Å². The van der Waals surface area contributed by atoms with E-state index in [0.717, 1.165) is 0 Å². The molecule has 0 aromatic carbocycles. The van der Waals surface area contributed by atoms with Crippen molar-refractivity contribution in [2.75, 3.05) is 7.05 Å². The van der Waals surface area contributed by atoms with Crippen LogP contribution in [0.15, 0.2) is 0 Å². The predicted octanol–water partition coefficient (Wildman–Crippen LogP) is 0.129. The third-order valence-electron chi connectivity index (χ3n) is 3.66. The minimum atomic E-state index is -0.782. The topological polar surface area (TPSA) is 75.3 Å². The van der Waals surface area contributed by atoms with Crippen molar-refractivity contribution in [3.63, 3.8) is 0 Å². The first kappa shape index (κ1) is 14.2. The van der Waals surface area contributed by atoms with E-state index in [2.05, 4.69) is 5.32 Å². The summed E-state index contributed by atoms with van der Waals surface area (Å²) < 4.78 is 29.0. The number of nitrogens with one attached hydrogen (secondary N) is 1. The molecule has 0 spiro atoms. The van der Waals surface area contributed by atoms with Gasteiger partial charge in [0.05, 0.1) is 0 Å². The third-order valence-corrected chi connectivity index (χ3v) is 3.66. The average Bonchev–Trinajstić information content (AvgIpc) is 2.81. The highest BCUT2D eigenvalue weighted by molar-refractivity contribution is 5.81. The molecule has 0 bridgehead atoms. The van der Waals surface area contributed by atoms with Gasteiger partial charge in [-0.1, -0.05) is 0 Å². The number of hydrogen-bond acceptors (Lipinski definition) is 6. The number of rotatable bonds is 1. The van der Waals surface area contributed by atoms with Crippen LogP contribution in [0.3, 0.4) is 0 Å². The van der Waals surface area contributed by atoms with Gasteiger partial charge in [0.1, 0.15) is 18.3 Å². The van der Waals surface area contributed by atoms with Gasteiger partial charge in [-0.25, -0.2) is 0 Å². The van der Waals surface area contributed by atoms with Gasteiger partial charge in [-0.15, -0.1) is 0 Å². The maximum atomic E-state index is 12.0. The number of likely N-dealkylation sites (N-methyl/N-ethyl adjacent to an activating group) is 1. The molecule has 114 valence electrons. The Balaban J connectivity index is 1.90. The lowest BCUT2D eigenvalue weighted by molar-refractivity contribution is -0.231. The van der Waals surface area contributed by atoms with E-state index in [1.807, 2.05) is 13.8 Å². The van der Waals surface area contributed by atoms with Crippen molar-refractivity contribution < 1.29 is 28.5 Å². The van der Waals surface area contributed by atoms with Crippen LogP contribution in [-0.4, -0.2) is 55.2 Å². The molecule has 3 saturated heterocycles. The summed E-state index contributed by atoms with van der Waals surface area (Å²) in [5, 5.41) is 2.58. The highest BCUT2D eigenvalue weighted by Gasteiger charge is 2.61. The fraction of sp³-hybridized carbons (Fsp3) is 0.923. The van der Waals surface area contributed by atoms with Crippen molar-refractivity contribution in [2.24, 2.45) is 0 Å². The summed E-state index contributed by atoms with van der Waals surface area (Å²) in [5.41, 5.74) is 0. The molecule has 3 fully saturated rings. The van der Waals surface area contributed by atoms with Crippen LogP contribution in [-0.2, 0) is 28.5 Å². The van der Waals surface area contributed by atoms with Crippen molar-refractivity contribution in [3.05, 3.63) is 0 Å². The van der Waals surface area contributed by atoms with Crippen molar-refractivity contribution >= 4 is 5.91 Å². The van der Waals surface area contributed by atoms with Crippen LogP contribution in [0.4, 0.5) is 0 Å². The standard InChI is InChI=1S/C13H21NO6/c1-12(2)17-6-7(18-12)9-11(20-13(3,4)19-9)16-8(6)10(15)14-5/h6-9,11H,1-5H3,(H,14,15)/t6-,7-,8-,9-,11+/m1/s1. The fourth-order valence-electron chi connectivity index (χ4n) is 2.97. The number of carbonyl (C=O) groups excluding carboxylic acids is 1. The van der Waals surface area contributed by atoms with E-state index in [-0.39, 0.29) is 5.91 Å². The summed E-state index contributed by atoms with van der Waals surface area (Å²) in [6, 6.07) is 0. The van der Waals surface area contributed by atoms with E-state index in [4.69, 9.17) is 23.7 Å². The van der Waals surface area contributed by atoms with Crippen molar-refractivity contribution in [1.82, 2.24) is 5.32 Å². The van der Waals surface area contributed by atoms with Gasteiger partial charge in [-0.2, -0.15) is 0 Å². The van der Waals surface area contributed by atoms with Gasteiger partial charge < -0.3 is 29.0 Å². The molecule has 7 heteroatoms. The quantitative estimate of drug-likeness (QED) is 0.739. The van der Waals surface area contributed by atoms with Crippen molar-refractivity contribution in [2.45, 2.75) is 70.0 Å². The molecule has 0 saturated carbocycles. The van der Waals surface area contributed by atoms with Gasteiger partial charge in [0.25, 0.3) is 5.91 Å². The number of carbonyl (C=O) groups is 1. The zero-order valence-electron chi connectivity index (χ0n) is 12.3. The Kier molecular flexibility index (Phi) is 3.11. The molecule has 3 heterocycles. The smallest absolute Gasteiger partial charge is 0.251 e. The maximum Gasteiger partial charge on any atom is 0.251 e. The largest absolute Gasteiger partial charge is 0.357 e. The summed E-state index contributed by atoms with van der Waals surface area (Å²) in [7, 11) is 1.56. The van der Waals surface area contributed by atoms with E-state index < -0.39 is 42.3 Å². The van der Waals surface area contributed by atoms with Crippen LogP contribution >= 0.6 is 0 Å². The van der Waals surface area contributed by atoms with Gasteiger partial charge >= 0.3 is 0 Å². The SMILES string of the molecule is CNC(=O)[C@@H]1O[C@H]2OC(C)(C)O[C@@H]2[C@@H]2OC(C)(C)O[C@H]21. The molecule has 3 aliphatic rings. The highest BCUT2D eigenvalue weighted by atomic mass is 16.9. The summed E-state index contributed by atoms with van der Waals surface area (Å²) in [6.07, 6.45) is -2.72. The Hall–Kier alpha value is -0.730. The Morgan fingerprint density at radius 2 is 1.45 bits per heavy atom. The normalized spacial score (nSPS) is 44.8. The fourth-order valence-corrected chi connectivity index (χ4v) is 2.97. The molecular weight excluding hydrogens is 266 g/mol. The molecule has 7 nitrogen and oxygen atoms in total. The second-order valence-electron chi connectivity index (χ2n) is 6.20. The lowest BCUT2D eigenvalue weighted by Crippen LogP contribution is -2.59. The summed E-state index contributed by atoms with van der Waals surface area (Å²) in [4.78, 5) is 12.0. The van der Waals surface area contributed by atoms with Crippen LogP contribution < -0.4 is 5.32 Å². The van der Waals surface area contributed by atoms with Crippen molar-refractivity contribution in [3.8, 4) is 0 Å². The van der Waals surface area contributed by atoms with Crippen LogP contribution in [0.5, 0.6) is 0 Å². The van der Waals surface area contributed by atoms with Gasteiger partial charge in [-0.3, -0.25) is 4.79 Å². The molecule has 1 N–H and O–H groups in total. The average molecular weight is 287 g/mol. The number of hydrogen-bond donors (Lipinski definition) is 1. The van der Waals surface area contributed by atoms with Gasteiger partial charge in [0.15, 0.2) is 24.0 Å². The molecule has 0 aromatic rings. The second kappa shape index (κ2) is 4.38. The van der Waals surface area contributed by atoms with E-state index in [9.17, 15) is 4.79 Å². The lowest BCUT2D eigenvalue weighted by Gasteiger charge is -2.36. The number of ether oxygens (including phenoxy) is 5. The first-order valence-corrected chi connectivity index (χ1v) is 6.81. The summed E-state index contributed by atoms with van der Waals surface area (Å²) in [6.45, 7) is 7.23. The Morgan fingerprint density at radius 1 is 0.900 bits per heavy atom. The van der Waals surface area contributed by atoms with Crippen LogP contribution in [0.25, 0.3) is 0 Å². The van der Waals surface area contributed by atoms with Gasteiger partial charge in [0.2, 0.25) is 0 Å². The van der Waals surface area contributed by atoms with E-state index in [1.165, 1.54) is 0 Å². The minimum absolute atomic E-state index is 0.256. The molecule has 0 aliphatic carbocycles. The molecule has 20 heavy (non-hydrogen) atoms. The monoisotopic (exact) mass is 287 g/mol. The van der Waals surface area contributed by atoms with E-state index >= 15 is 0 Å². The predicted molar refractivity (Wildman–Crippen MR) is 66.6 cm³/mol. The van der Waals surface area contributed by atoms with Crippen LogP contribution in [0.1, 0.15) is 27.7 Å². The van der Waals surface area contributed by atoms with E-state index in [0.29, 0.717) is 0 Å². The minimum Gasteiger partial charge on any atom is -0.357 e. The molecule has 3 aliphatic heterocycles. The molecule has 3 rings (SSSR count). The molecule has 0 aromatic heterocycles. The molecule has 5 atom stereocenters. The zero-order valence-corrected chi connectivity index (χ0v) is 12.3. The van der Waals surface area contributed by atoms with Gasteiger partial charge in [0, 0.05) is 7.05 Å². The number of amides is 1. The van der Waals surface area contributed by atoms with Crippen LogP contribution in [0, 0.1) is 0 Å². The maximum absolute atomic E-state index is 12.0.